The molecule has 0 spiro atoms. The number of amides is 4. The molecule has 0 saturated carbocycles. The maximum Gasteiger partial charge on any atom is 0.233 e. The van der Waals surface area contributed by atoms with Crippen LogP contribution < -0.4 is 0 Å². The molecule has 228 valence electrons. The van der Waals surface area contributed by atoms with Crippen molar-refractivity contribution in [1.82, 2.24) is 9.80 Å². The standard InChI is InChI=1S/C18H18ClNO4.C14H10ClNO4/c1-3-7-13(21)20(14(22)8-4-2)16-15(19)17(23)11-9-5-6-10-12(11)18(16)24;1-7(17)16(8(2)18)12-11(15)13(19)9-5-3-4-6-10(9)14(12)20/h5-6,9-10H,3-4,7-8H2,1-2H3;3-6H,1-2H3. The summed E-state index contributed by atoms with van der Waals surface area (Å²) in [5, 5.41) is -0.799. The first kappa shape index (κ1) is 34.0. The van der Waals surface area contributed by atoms with Crippen molar-refractivity contribution in [2.45, 2.75) is 53.4 Å². The molecule has 0 heterocycles. The first-order valence-corrected chi connectivity index (χ1v) is 14.4. The first-order valence-electron chi connectivity index (χ1n) is 13.6. The Hall–Kier alpha value is -4.54. The van der Waals surface area contributed by atoms with Crippen molar-refractivity contribution < 1.29 is 38.4 Å². The van der Waals surface area contributed by atoms with Gasteiger partial charge in [0, 0.05) is 48.9 Å². The van der Waals surface area contributed by atoms with Gasteiger partial charge in [-0.05, 0) is 12.8 Å². The van der Waals surface area contributed by atoms with E-state index in [1.165, 1.54) is 24.3 Å². The van der Waals surface area contributed by atoms with E-state index in [0.717, 1.165) is 18.7 Å². The zero-order valence-electron chi connectivity index (χ0n) is 24.4. The fourth-order valence-electron chi connectivity index (χ4n) is 4.64. The normalized spacial score (nSPS) is 14.0. The van der Waals surface area contributed by atoms with Crippen molar-refractivity contribution in [3.8, 4) is 0 Å². The predicted octanol–water partition coefficient (Wildman–Crippen LogP) is 5.38. The monoisotopic (exact) mass is 638 g/mol. The van der Waals surface area contributed by atoms with E-state index in [9.17, 15) is 38.4 Å². The van der Waals surface area contributed by atoms with Crippen LogP contribution >= 0.6 is 23.2 Å². The molecule has 0 aliphatic heterocycles. The second-order valence-electron chi connectivity index (χ2n) is 9.73. The first-order chi connectivity index (χ1) is 20.8. The molecule has 0 radical (unpaired) electrons. The maximum atomic E-state index is 12.8. The van der Waals surface area contributed by atoms with Crippen LogP contribution in [0.3, 0.4) is 0 Å². The quantitative estimate of drug-likeness (QED) is 0.410. The average molecular weight is 639 g/mol. The number of hydrogen-bond donors (Lipinski definition) is 0. The lowest BCUT2D eigenvalue weighted by molar-refractivity contribution is -0.143. The topological polar surface area (TPSA) is 143 Å². The number of allylic oxidation sites excluding steroid dienone is 4. The smallest absolute Gasteiger partial charge is 0.233 e. The number of rotatable bonds is 6. The highest BCUT2D eigenvalue weighted by Gasteiger charge is 2.39. The second-order valence-corrected chi connectivity index (χ2v) is 10.5. The average Bonchev–Trinajstić information content (AvgIpc) is 2.99. The van der Waals surface area contributed by atoms with Crippen LogP contribution in [0.25, 0.3) is 0 Å². The highest BCUT2D eigenvalue weighted by atomic mass is 35.5. The summed E-state index contributed by atoms with van der Waals surface area (Å²) in [4.78, 5) is 99.1. The molecule has 10 nitrogen and oxygen atoms in total. The van der Waals surface area contributed by atoms with Crippen molar-refractivity contribution in [2.24, 2.45) is 0 Å². The molecular formula is C32H28Cl2N2O8. The third kappa shape index (κ3) is 6.51. The maximum absolute atomic E-state index is 12.8. The van der Waals surface area contributed by atoms with Crippen molar-refractivity contribution in [3.63, 3.8) is 0 Å². The van der Waals surface area contributed by atoms with Gasteiger partial charge in [-0.2, -0.15) is 0 Å². The molecule has 4 rings (SSSR count). The van der Waals surface area contributed by atoms with Crippen molar-refractivity contribution >= 4 is 70.0 Å². The lowest BCUT2D eigenvalue weighted by Crippen LogP contribution is -2.41. The zero-order chi connectivity index (χ0) is 32.9. The Morgan fingerprint density at radius 3 is 1.14 bits per heavy atom. The highest BCUT2D eigenvalue weighted by Crippen LogP contribution is 2.32. The molecule has 0 N–H and O–H groups in total. The number of nitrogens with zero attached hydrogens (tertiary/aromatic N) is 2. The molecule has 12 heteroatoms. The van der Waals surface area contributed by atoms with E-state index in [1.807, 2.05) is 0 Å². The number of benzene rings is 2. The van der Waals surface area contributed by atoms with E-state index in [0.29, 0.717) is 17.7 Å². The molecule has 2 aliphatic carbocycles. The Morgan fingerprint density at radius 2 is 0.841 bits per heavy atom. The number of halogens is 2. The van der Waals surface area contributed by atoms with Crippen LogP contribution in [-0.2, 0) is 19.2 Å². The summed E-state index contributed by atoms with van der Waals surface area (Å²) in [6.07, 6.45) is 1.20. The summed E-state index contributed by atoms with van der Waals surface area (Å²) in [6.45, 7) is 5.83. The van der Waals surface area contributed by atoms with Gasteiger partial charge in [0.05, 0.1) is 0 Å². The largest absolute Gasteiger partial charge is 0.287 e. The van der Waals surface area contributed by atoms with Crippen LogP contribution in [0.15, 0.2) is 70.0 Å². The van der Waals surface area contributed by atoms with E-state index in [2.05, 4.69) is 0 Å². The number of imide groups is 2. The molecule has 2 aliphatic rings. The summed E-state index contributed by atoms with van der Waals surface area (Å²) >= 11 is 12.0. The molecule has 2 aromatic rings. The molecule has 0 unspecified atom stereocenters. The van der Waals surface area contributed by atoms with Crippen LogP contribution in [0.2, 0.25) is 0 Å². The van der Waals surface area contributed by atoms with Crippen molar-refractivity contribution in [3.05, 3.63) is 92.2 Å². The molecule has 0 aromatic heterocycles. The van der Waals surface area contributed by atoms with Gasteiger partial charge < -0.3 is 0 Å². The molecule has 44 heavy (non-hydrogen) atoms. The van der Waals surface area contributed by atoms with Gasteiger partial charge in [0.1, 0.15) is 21.5 Å². The summed E-state index contributed by atoms with van der Waals surface area (Å²) in [7, 11) is 0. The lowest BCUT2D eigenvalue weighted by atomic mass is 9.91. The fourth-order valence-corrected chi connectivity index (χ4v) is 5.18. The van der Waals surface area contributed by atoms with Gasteiger partial charge in [-0.25, -0.2) is 9.80 Å². The Balaban J connectivity index is 0.000000244. The highest BCUT2D eigenvalue weighted by molar-refractivity contribution is 6.51. The van der Waals surface area contributed by atoms with E-state index in [4.69, 9.17) is 23.2 Å². The predicted molar refractivity (Wildman–Crippen MR) is 161 cm³/mol. The number of carbonyl (C=O) groups is 8. The van der Waals surface area contributed by atoms with Gasteiger partial charge in [0.25, 0.3) is 0 Å². The number of ketones is 4. The SMILES string of the molecule is CC(=O)N(C(C)=O)C1=C(Cl)C(=O)c2ccccc2C1=O.CCCC(=O)N(C(=O)CCC)C1=C(Cl)C(=O)c2ccccc2C1=O. The Kier molecular flexibility index (Phi) is 11.0. The minimum absolute atomic E-state index is 0.0895. The van der Waals surface area contributed by atoms with Crippen LogP contribution in [0.5, 0.6) is 0 Å². The van der Waals surface area contributed by atoms with E-state index in [-0.39, 0.29) is 51.5 Å². The Morgan fingerprint density at radius 1 is 0.545 bits per heavy atom. The Bertz CT molecular complexity index is 1660. The van der Waals surface area contributed by atoms with Gasteiger partial charge in [0.2, 0.25) is 46.8 Å². The number of hydrogen-bond acceptors (Lipinski definition) is 8. The van der Waals surface area contributed by atoms with E-state index in [1.54, 1.807) is 38.1 Å². The molecule has 0 saturated heterocycles. The molecule has 0 fully saturated rings. The fraction of sp³-hybridized carbons (Fsp3) is 0.250. The molecule has 0 atom stereocenters. The van der Waals surface area contributed by atoms with Crippen LogP contribution in [-0.4, -0.2) is 56.6 Å². The molecular weight excluding hydrogens is 611 g/mol. The third-order valence-electron chi connectivity index (χ3n) is 6.58. The van der Waals surface area contributed by atoms with Gasteiger partial charge in [-0.1, -0.05) is 85.6 Å². The van der Waals surface area contributed by atoms with Crippen LogP contribution in [0.1, 0.15) is 94.8 Å². The number of carbonyl (C=O) groups excluding carboxylic acids is 8. The minimum atomic E-state index is -0.675. The van der Waals surface area contributed by atoms with Gasteiger partial charge in [0.15, 0.2) is 0 Å². The van der Waals surface area contributed by atoms with Gasteiger partial charge in [-0.15, -0.1) is 0 Å². The van der Waals surface area contributed by atoms with Gasteiger partial charge in [-0.3, -0.25) is 38.4 Å². The van der Waals surface area contributed by atoms with E-state index < -0.39 is 51.8 Å². The minimum Gasteiger partial charge on any atom is -0.287 e. The second kappa shape index (κ2) is 14.3. The summed E-state index contributed by atoms with van der Waals surface area (Å²) in [5.74, 6) is -4.73. The molecule has 0 bridgehead atoms. The number of Topliss-reactive ketones (excluding diaryl/α,β-unsaturated/α-hetero) is 4. The van der Waals surface area contributed by atoms with Crippen molar-refractivity contribution in [1.29, 1.82) is 0 Å². The zero-order valence-corrected chi connectivity index (χ0v) is 25.9. The third-order valence-corrected chi connectivity index (χ3v) is 7.28. The molecule has 2 aromatic carbocycles. The van der Waals surface area contributed by atoms with Crippen LogP contribution in [0.4, 0.5) is 0 Å². The van der Waals surface area contributed by atoms with Crippen molar-refractivity contribution in [2.75, 3.05) is 0 Å². The van der Waals surface area contributed by atoms with Crippen LogP contribution in [0, 0.1) is 0 Å². The van der Waals surface area contributed by atoms with E-state index >= 15 is 0 Å². The lowest BCUT2D eigenvalue weighted by Gasteiger charge is -2.26. The van der Waals surface area contributed by atoms with Gasteiger partial charge >= 0.3 is 0 Å². The summed E-state index contributed by atoms with van der Waals surface area (Å²) < 4.78 is 0. The Labute approximate surface area is 263 Å². The summed E-state index contributed by atoms with van der Waals surface area (Å²) in [5.41, 5.74) is -0.0714. The molecule has 4 amide bonds. The summed E-state index contributed by atoms with van der Waals surface area (Å²) in [6, 6.07) is 12.4. The number of fused-ring (bicyclic) bond motifs is 2.